The third-order valence-corrected chi connectivity index (χ3v) is 3.07. The van der Waals surface area contributed by atoms with Crippen LogP contribution in [0, 0.1) is 0 Å². The van der Waals surface area contributed by atoms with E-state index in [1.807, 2.05) is 0 Å². The van der Waals surface area contributed by atoms with Crippen LogP contribution < -0.4 is 0 Å². The van der Waals surface area contributed by atoms with E-state index in [9.17, 15) is 0 Å². The third-order valence-electron chi connectivity index (χ3n) is 3.07. The molecule has 0 nitrogen and oxygen atoms in total. The van der Waals surface area contributed by atoms with Crippen molar-refractivity contribution in [2.24, 2.45) is 0 Å². The Morgan fingerprint density at radius 1 is 1.00 bits per heavy atom. The largest absolute Gasteiger partial charge is 0.103 e. The minimum atomic E-state index is 1.06. The second kappa shape index (κ2) is 10.4. The van der Waals surface area contributed by atoms with Crippen LogP contribution in [0.15, 0.2) is 36.0 Å². The molecule has 0 atom stereocenters. The average Bonchev–Trinajstić information content (AvgIpc) is 2.29. The molecule has 0 heterocycles. The molecule has 0 spiro atoms. The van der Waals surface area contributed by atoms with E-state index in [0.717, 1.165) is 12.8 Å². The minimum absolute atomic E-state index is 1.06. The van der Waals surface area contributed by atoms with E-state index in [1.54, 1.807) is 11.1 Å². The van der Waals surface area contributed by atoms with Crippen LogP contribution in [0.25, 0.3) is 0 Å². The van der Waals surface area contributed by atoms with Gasteiger partial charge in [-0.05, 0) is 45.4 Å². The molecule has 17 heavy (non-hydrogen) atoms. The topological polar surface area (TPSA) is 0 Å². The Bertz CT molecular complexity index is 255. The Morgan fingerprint density at radius 3 is 1.94 bits per heavy atom. The van der Waals surface area contributed by atoms with Crippen molar-refractivity contribution < 1.29 is 0 Å². The second-order valence-corrected chi connectivity index (χ2v) is 5.04. The van der Waals surface area contributed by atoms with E-state index >= 15 is 0 Å². The fourth-order valence-corrected chi connectivity index (χ4v) is 2.13. The molecule has 0 fully saturated rings. The molecule has 0 aliphatic heterocycles. The van der Waals surface area contributed by atoms with Gasteiger partial charge in [0.15, 0.2) is 0 Å². The van der Waals surface area contributed by atoms with Gasteiger partial charge in [-0.2, -0.15) is 0 Å². The summed E-state index contributed by atoms with van der Waals surface area (Å²) in [6.45, 7) is 14.6. The average molecular weight is 234 g/mol. The number of unbranched alkanes of at least 4 members (excludes halogenated alkanes) is 2. The Morgan fingerprint density at radius 2 is 1.53 bits per heavy atom. The highest BCUT2D eigenvalue weighted by molar-refractivity contribution is 5.21. The molecule has 0 bridgehead atoms. The first-order valence-electron chi connectivity index (χ1n) is 7.10. The van der Waals surface area contributed by atoms with Crippen LogP contribution in [-0.4, -0.2) is 0 Å². The van der Waals surface area contributed by atoms with Crippen LogP contribution >= 0.6 is 0 Å². The lowest BCUT2D eigenvalue weighted by Crippen LogP contribution is -1.95. The summed E-state index contributed by atoms with van der Waals surface area (Å²) in [6.07, 6.45) is 11.8. The molecule has 0 aliphatic rings. The molecule has 0 N–H and O–H groups in total. The number of rotatable bonds is 10. The van der Waals surface area contributed by atoms with Gasteiger partial charge in [0.25, 0.3) is 0 Å². The van der Waals surface area contributed by atoms with E-state index < -0.39 is 0 Å². The molecule has 0 aliphatic carbocycles. The Balaban J connectivity index is 4.77. The molecule has 0 saturated carbocycles. The van der Waals surface area contributed by atoms with Gasteiger partial charge in [0.05, 0.1) is 0 Å². The molecular formula is C17H30. The lowest BCUT2D eigenvalue weighted by atomic mass is 9.92. The number of hydrogen-bond donors (Lipinski definition) is 0. The zero-order valence-electron chi connectivity index (χ0n) is 12.1. The molecule has 0 aromatic rings. The van der Waals surface area contributed by atoms with E-state index in [-0.39, 0.29) is 0 Å². The normalized spacial score (nSPS) is 12.2. The van der Waals surface area contributed by atoms with Gasteiger partial charge in [-0.25, -0.2) is 0 Å². The van der Waals surface area contributed by atoms with Gasteiger partial charge in [0.1, 0.15) is 0 Å². The summed E-state index contributed by atoms with van der Waals surface area (Å²) >= 11 is 0. The van der Waals surface area contributed by atoms with Crippen LogP contribution in [0.4, 0.5) is 0 Å². The lowest BCUT2D eigenvalue weighted by molar-refractivity contribution is 0.721. The van der Waals surface area contributed by atoms with Crippen molar-refractivity contribution in [1.29, 1.82) is 0 Å². The fraction of sp³-hybridized carbons (Fsp3) is 0.647. The maximum absolute atomic E-state index is 4.07. The van der Waals surface area contributed by atoms with Crippen molar-refractivity contribution in [2.45, 2.75) is 72.1 Å². The molecule has 98 valence electrons. The molecule has 0 aromatic heterocycles. The van der Waals surface area contributed by atoms with Gasteiger partial charge in [-0.15, -0.1) is 6.58 Å². The van der Waals surface area contributed by atoms with E-state index in [0.29, 0.717) is 0 Å². The molecule has 0 heteroatoms. The molecule has 0 amide bonds. The summed E-state index contributed by atoms with van der Waals surface area (Å²) in [5, 5.41) is 0. The first-order valence-corrected chi connectivity index (χ1v) is 7.10. The Hall–Kier alpha value is -0.780. The fourth-order valence-electron chi connectivity index (χ4n) is 2.13. The maximum atomic E-state index is 4.07. The molecule has 0 saturated heterocycles. The number of allylic oxidation sites excluding steroid dienone is 4. The molecule has 0 aromatic carbocycles. The molecule has 0 rings (SSSR count). The van der Waals surface area contributed by atoms with Gasteiger partial charge in [-0.1, -0.05) is 56.1 Å². The highest BCUT2D eigenvalue weighted by Gasteiger charge is 2.06. The van der Waals surface area contributed by atoms with Crippen molar-refractivity contribution in [3.63, 3.8) is 0 Å². The SMILES string of the molecule is C=CC/C(CCCC)=C(/CCCC)CC(=C)C. The van der Waals surface area contributed by atoms with Crippen LogP contribution in [0.2, 0.25) is 0 Å². The summed E-state index contributed by atoms with van der Waals surface area (Å²) < 4.78 is 0. The summed E-state index contributed by atoms with van der Waals surface area (Å²) in [6, 6.07) is 0. The molecule has 0 radical (unpaired) electrons. The third kappa shape index (κ3) is 8.01. The van der Waals surface area contributed by atoms with E-state index in [4.69, 9.17) is 0 Å². The van der Waals surface area contributed by atoms with Crippen LogP contribution in [0.1, 0.15) is 72.1 Å². The highest BCUT2D eigenvalue weighted by Crippen LogP contribution is 2.26. The monoisotopic (exact) mass is 234 g/mol. The van der Waals surface area contributed by atoms with Crippen molar-refractivity contribution in [3.05, 3.63) is 36.0 Å². The maximum Gasteiger partial charge on any atom is -0.0111 e. The summed E-state index contributed by atoms with van der Waals surface area (Å²) in [5.41, 5.74) is 4.54. The standard InChI is InChI=1S/C17H30/c1-6-9-12-16(11-8-3)17(13-10-7-2)14-15(4)5/h8H,3-4,6-7,9-14H2,1-2,5H3/b17-16+. The van der Waals surface area contributed by atoms with Crippen LogP contribution in [-0.2, 0) is 0 Å². The van der Waals surface area contributed by atoms with Crippen molar-refractivity contribution in [3.8, 4) is 0 Å². The van der Waals surface area contributed by atoms with Gasteiger partial charge in [-0.3, -0.25) is 0 Å². The van der Waals surface area contributed by atoms with Gasteiger partial charge >= 0.3 is 0 Å². The second-order valence-electron chi connectivity index (χ2n) is 5.04. The van der Waals surface area contributed by atoms with Gasteiger partial charge < -0.3 is 0 Å². The zero-order valence-corrected chi connectivity index (χ0v) is 12.1. The van der Waals surface area contributed by atoms with Crippen LogP contribution in [0.3, 0.4) is 0 Å². The van der Waals surface area contributed by atoms with E-state index in [1.165, 1.54) is 44.1 Å². The summed E-state index contributed by atoms with van der Waals surface area (Å²) in [4.78, 5) is 0. The smallest absolute Gasteiger partial charge is 0.0111 e. The van der Waals surface area contributed by atoms with Crippen molar-refractivity contribution >= 4 is 0 Å². The summed E-state index contributed by atoms with van der Waals surface area (Å²) in [7, 11) is 0. The Labute approximate surface area is 109 Å². The lowest BCUT2D eigenvalue weighted by Gasteiger charge is -2.14. The first-order chi connectivity index (χ1) is 8.15. The highest BCUT2D eigenvalue weighted by atomic mass is 14.1. The summed E-state index contributed by atoms with van der Waals surface area (Å²) in [5.74, 6) is 0. The molecule has 0 unspecified atom stereocenters. The van der Waals surface area contributed by atoms with Gasteiger partial charge in [0.2, 0.25) is 0 Å². The molecular weight excluding hydrogens is 204 g/mol. The van der Waals surface area contributed by atoms with Gasteiger partial charge in [0, 0.05) is 0 Å². The number of hydrogen-bond acceptors (Lipinski definition) is 0. The zero-order chi connectivity index (χ0) is 13.1. The minimum Gasteiger partial charge on any atom is -0.103 e. The predicted octanol–water partition coefficient (Wildman–Crippen LogP) is 6.21. The first kappa shape index (κ1) is 16.2. The van der Waals surface area contributed by atoms with Crippen LogP contribution in [0.5, 0.6) is 0 Å². The quantitative estimate of drug-likeness (QED) is 0.394. The Kier molecular flexibility index (Phi) is 9.90. The predicted molar refractivity (Wildman–Crippen MR) is 80.3 cm³/mol. The van der Waals surface area contributed by atoms with E-state index in [2.05, 4.69) is 40.0 Å². The van der Waals surface area contributed by atoms with Crippen molar-refractivity contribution in [2.75, 3.05) is 0 Å². The van der Waals surface area contributed by atoms with Crippen molar-refractivity contribution in [1.82, 2.24) is 0 Å².